The average molecular weight is 470 g/mol. The Kier molecular flexibility index (Phi) is 7.61. The Labute approximate surface area is 207 Å². The minimum absolute atomic E-state index is 0.0170. The maximum atomic E-state index is 12.6. The standard InChI is InChI=1S/C29H35N5O/c1-5-34(6-2)16-15-32-29(35)23-11-9-21(20(4)18-23)8-10-22-13-14-31-27-26(22)24-12-7-19(3)17-25(24)33-28(27)30/h7,9,11-14,17-18H,5-6,8,10,15-16H2,1-4H3,(H2,30,33)(H,32,35). The minimum Gasteiger partial charge on any atom is -0.382 e. The van der Waals surface area contributed by atoms with E-state index in [2.05, 4.69) is 78.2 Å². The van der Waals surface area contributed by atoms with E-state index in [0.717, 1.165) is 65.4 Å². The summed E-state index contributed by atoms with van der Waals surface area (Å²) in [6.45, 7) is 11.9. The van der Waals surface area contributed by atoms with E-state index in [0.29, 0.717) is 17.9 Å². The summed E-state index contributed by atoms with van der Waals surface area (Å²) in [6.07, 6.45) is 3.53. The smallest absolute Gasteiger partial charge is 0.251 e. The quantitative estimate of drug-likeness (QED) is 0.343. The number of carbonyl (C=O) groups is 1. The summed E-state index contributed by atoms with van der Waals surface area (Å²) in [5, 5.41) is 5.20. The van der Waals surface area contributed by atoms with E-state index in [1.165, 1.54) is 11.1 Å². The lowest BCUT2D eigenvalue weighted by Gasteiger charge is -2.18. The van der Waals surface area contributed by atoms with E-state index in [-0.39, 0.29) is 5.91 Å². The normalized spacial score (nSPS) is 11.5. The number of nitrogens with one attached hydrogen (secondary N) is 1. The molecule has 1 amide bonds. The van der Waals surface area contributed by atoms with Crippen molar-refractivity contribution in [3.05, 3.63) is 76.5 Å². The second kappa shape index (κ2) is 10.8. The molecule has 3 N–H and O–H groups in total. The van der Waals surface area contributed by atoms with Crippen LogP contribution < -0.4 is 11.1 Å². The molecule has 4 rings (SSSR count). The highest BCUT2D eigenvalue weighted by atomic mass is 16.1. The van der Waals surface area contributed by atoms with Crippen LogP contribution in [0.5, 0.6) is 0 Å². The third-order valence-electron chi connectivity index (χ3n) is 6.82. The van der Waals surface area contributed by atoms with Gasteiger partial charge >= 0.3 is 0 Å². The third-order valence-corrected chi connectivity index (χ3v) is 6.82. The number of benzene rings is 2. The number of anilines is 1. The molecule has 2 heterocycles. The summed E-state index contributed by atoms with van der Waals surface area (Å²) < 4.78 is 0. The minimum atomic E-state index is -0.0170. The summed E-state index contributed by atoms with van der Waals surface area (Å²) in [4.78, 5) is 24.0. The van der Waals surface area contributed by atoms with Gasteiger partial charge in [0.15, 0.2) is 5.82 Å². The highest BCUT2D eigenvalue weighted by molar-refractivity contribution is 6.09. The van der Waals surface area contributed by atoms with Crippen LogP contribution in [0, 0.1) is 13.8 Å². The van der Waals surface area contributed by atoms with Crippen LogP contribution in [0.4, 0.5) is 5.82 Å². The van der Waals surface area contributed by atoms with Gasteiger partial charge in [-0.15, -0.1) is 0 Å². The molecule has 0 saturated carbocycles. The van der Waals surface area contributed by atoms with Crippen LogP contribution in [0.3, 0.4) is 0 Å². The molecule has 6 heteroatoms. The van der Waals surface area contributed by atoms with Gasteiger partial charge in [-0.05, 0) is 86.3 Å². The van der Waals surface area contributed by atoms with Crippen molar-refractivity contribution >= 4 is 33.5 Å². The molecule has 0 atom stereocenters. The molecule has 0 bridgehead atoms. The third kappa shape index (κ3) is 5.43. The number of carbonyl (C=O) groups excluding carboxylic acids is 1. The molecule has 2 aromatic carbocycles. The number of aryl methyl sites for hydroxylation is 4. The molecule has 0 aliphatic heterocycles. The lowest BCUT2D eigenvalue weighted by atomic mass is 9.95. The van der Waals surface area contributed by atoms with Crippen LogP contribution in [-0.2, 0) is 12.8 Å². The van der Waals surface area contributed by atoms with E-state index >= 15 is 0 Å². The molecule has 0 spiro atoms. The van der Waals surface area contributed by atoms with Gasteiger partial charge in [-0.25, -0.2) is 4.98 Å². The van der Waals surface area contributed by atoms with Crippen LogP contribution in [0.15, 0.2) is 48.7 Å². The first kappa shape index (κ1) is 24.6. The zero-order valence-electron chi connectivity index (χ0n) is 21.2. The van der Waals surface area contributed by atoms with Gasteiger partial charge in [0, 0.05) is 35.6 Å². The van der Waals surface area contributed by atoms with Crippen molar-refractivity contribution in [3.8, 4) is 0 Å². The van der Waals surface area contributed by atoms with Crippen LogP contribution in [0.2, 0.25) is 0 Å². The van der Waals surface area contributed by atoms with Crippen molar-refractivity contribution in [1.82, 2.24) is 20.2 Å². The molecule has 0 aliphatic rings. The Balaban J connectivity index is 1.51. The van der Waals surface area contributed by atoms with Crippen molar-refractivity contribution in [2.24, 2.45) is 0 Å². The summed E-state index contributed by atoms with van der Waals surface area (Å²) in [5.74, 6) is 0.448. The average Bonchev–Trinajstić information content (AvgIpc) is 2.85. The number of pyridine rings is 2. The van der Waals surface area contributed by atoms with Crippen molar-refractivity contribution in [3.63, 3.8) is 0 Å². The Hall–Kier alpha value is -3.51. The van der Waals surface area contributed by atoms with Crippen molar-refractivity contribution in [1.29, 1.82) is 0 Å². The summed E-state index contributed by atoms with van der Waals surface area (Å²) in [7, 11) is 0. The second-order valence-corrected chi connectivity index (χ2v) is 9.14. The summed E-state index contributed by atoms with van der Waals surface area (Å²) in [5.41, 5.74) is 13.4. The lowest BCUT2D eigenvalue weighted by Crippen LogP contribution is -2.34. The molecule has 4 aromatic rings. The molecule has 0 fully saturated rings. The van der Waals surface area contributed by atoms with E-state index in [9.17, 15) is 4.79 Å². The van der Waals surface area contributed by atoms with Crippen molar-refractivity contribution in [2.75, 3.05) is 31.9 Å². The maximum absolute atomic E-state index is 12.6. The van der Waals surface area contributed by atoms with Crippen LogP contribution in [0.25, 0.3) is 21.8 Å². The van der Waals surface area contributed by atoms with Gasteiger partial charge in [-0.2, -0.15) is 0 Å². The van der Waals surface area contributed by atoms with Crippen LogP contribution >= 0.6 is 0 Å². The van der Waals surface area contributed by atoms with Gasteiger partial charge in [0.05, 0.1) is 5.52 Å². The monoisotopic (exact) mass is 469 g/mol. The van der Waals surface area contributed by atoms with Crippen LogP contribution in [-0.4, -0.2) is 47.0 Å². The Morgan fingerprint density at radius 3 is 2.51 bits per heavy atom. The largest absolute Gasteiger partial charge is 0.382 e. The predicted octanol–water partition coefficient (Wildman–Crippen LogP) is 4.84. The summed E-state index contributed by atoms with van der Waals surface area (Å²) in [6, 6.07) is 14.4. The molecular weight excluding hydrogens is 434 g/mol. The maximum Gasteiger partial charge on any atom is 0.251 e. The number of fused-ring (bicyclic) bond motifs is 3. The van der Waals surface area contributed by atoms with E-state index in [4.69, 9.17) is 5.73 Å². The van der Waals surface area contributed by atoms with Crippen molar-refractivity contribution in [2.45, 2.75) is 40.5 Å². The van der Waals surface area contributed by atoms with E-state index < -0.39 is 0 Å². The highest BCUT2D eigenvalue weighted by Gasteiger charge is 2.13. The van der Waals surface area contributed by atoms with Gasteiger partial charge in [0.25, 0.3) is 5.91 Å². The number of nitrogens with two attached hydrogens (primary N) is 1. The fourth-order valence-corrected chi connectivity index (χ4v) is 4.69. The predicted molar refractivity (Wildman–Crippen MR) is 145 cm³/mol. The fraction of sp³-hybridized carbons (Fsp3) is 0.345. The zero-order valence-corrected chi connectivity index (χ0v) is 21.2. The highest BCUT2D eigenvalue weighted by Crippen LogP contribution is 2.30. The second-order valence-electron chi connectivity index (χ2n) is 9.14. The van der Waals surface area contributed by atoms with Gasteiger partial charge in [-0.1, -0.05) is 32.0 Å². The van der Waals surface area contributed by atoms with Crippen molar-refractivity contribution < 1.29 is 4.79 Å². The SMILES string of the molecule is CCN(CC)CCNC(=O)c1ccc(CCc2ccnc3c(N)nc4cc(C)ccc4c23)c(C)c1. The Morgan fingerprint density at radius 1 is 1.00 bits per heavy atom. The molecular formula is C29H35N5O. The topological polar surface area (TPSA) is 84.1 Å². The molecule has 0 aliphatic carbocycles. The Morgan fingerprint density at radius 2 is 1.77 bits per heavy atom. The molecule has 35 heavy (non-hydrogen) atoms. The Bertz CT molecular complexity index is 1360. The van der Waals surface area contributed by atoms with E-state index in [1.54, 1.807) is 0 Å². The lowest BCUT2D eigenvalue weighted by molar-refractivity contribution is 0.0949. The fourth-order valence-electron chi connectivity index (χ4n) is 4.69. The summed E-state index contributed by atoms with van der Waals surface area (Å²) >= 11 is 0. The first-order valence-electron chi connectivity index (χ1n) is 12.4. The van der Waals surface area contributed by atoms with E-state index in [1.807, 2.05) is 18.3 Å². The number of aromatic nitrogens is 2. The number of amides is 1. The first-order valence-corrected chi connectivity index (χ1v) is 12.4. The van der Waals surface area contributed by atoms with Gasteiger partial charge in [0.1, 0.15) is 5.52 Å². The number of nitrogens with zero attached hydrogens (tertiary/aromatic N) is 3. The zero-order chi connectivity index (χ0) is 24.9. The van der Waals surface area contributed by atoms with Gasteiger partial charge in [-0.3, -0.25) is 9.78 Å². The molecule has 6 nitrogen and oxygen atoms in total. The number of hydrogen-bond acceptors (Lipinski definition) is 5. The molecule has 0 saturated heterocycles. The number of likely N-dealkylation sites (N-methyl/N-ethyl adjacent to an activating group) is 1. The number of hydrogen-bond donors (Lipinski definition) is 2. The first-order chi connectivity index (χ1) is 16.9. The number of nitrogen functional groups attached to an aromatic ring is 1. The molecule has 182 valence electrons. The molecule has 0 radical (unpaired) electrons. The van der Waals surface area contributed by atoms with Gasteiger partial charge < -0.3 is 16.0 Å². The number of rotatable bonds is 9. The van der Waals surface area contributed by atoms with Crippen LogP contribution in [0.1, 0.15) is 46.5 Å². The van der Waals surface area contributed by atoms with Gasteiger partial charge in [0.2, 0.25) is 0 Å². The molecule has 2 aromatic heterocycles. The molecule has 0 unspecified atom stereocenters.